The Morgan fingerprint density at radius 1 is 1.16 bits per heavy atom. The van der Waals surface area contributed by atoms with Crippen LogP contribution in [0.5, 0.6) is 5.75 Å². The minimum Gasteiger partial charge on any atom is -0.495 e. The molecule has 2 rings (SSSR count). The molecule has 0 bridgehead atoms. The third kappa shape index (κ3) is 4.64. The van der Waals surface area contributed by atoms with Gasteiger partial charge in [-0.15, -0.1) is 0 Å². The number of carboxylic acid groups (broad SMARTS) is 1. The molecule has 0 saturated carbocycles. The van der Waals surface area contributed by atoms with Crippen molar-refractivity contribution in [3.63, 3.8) is 0 Å². The molecular weight excluding hydrogens is 366 g/mol. The van der Waals surface area contributed by atoms with Crippen molar-refractivity contribution in [2.45, 2.75) is 17.7 Å². The fourth-order valence-electron chi connectivity index (χ4n) is 2.31. The van der Waals surface area contributed by atoms with Gasteiger partial charge in [0, 0.05) is 18.0 Å². The standard InChI is InChI=1S/C17H18ClNO5S/c1-24-16-6-3-2-5-15(16)19(12-4-7-17(20)21)25(22,23)14-10-8-13(18)9-11-14/h2-3,5-6,8-11H,4,7,12H2,1H3,(H,20,21). The zero-order valence-electron chi connectivity index (χ0n) is 13.6. The van der Waals surface area contributed by atoms with E-state index in [4.69, 9.17) is 21.4 Å². The van der Waals surface area contributed by atoms with Gasteiger partial charge in [-0.3, -0.25) is 9.10 Å². The summed E-state index contributed by atoms with van der Waals surface area (Å²) in [5.74, 6) is -0.598. The Hall–Kier alpha value is -2.25. The minimum atomic E-state index is -3.90. The molecule has 25 heavy (non-hydrogen) atoms. The van der Waals surface area contributed by atoms with E-state index in [9.17, 15) is 13.2 Å². The number of anilines is 1. The van der Waals surface area contributed by atoms with Crippen molar-refractivity contribution in [3.05, 3.63) is 53.6 Å². The van der Waals surface area contributed by atoms with E-state index in [-0.39, 0.29) is 24.3 Å². The first-order chi connectivity index (χ1) is 11.9. The van der Waals surface area contributed by atoms with Crippen molar-refractivity contribution in [3.8, 4) is 5.75 Å². The van der Waals surface area contributed by atoms with Gasteiger partial charge in [-0.1, -0.05) is 23.7 Å². The Morgan fingerprint density at radius 3 is 2.40 bits per heavy atom. The summed E-state index contributed by atoms with van der Waals surface area (Å²) < 4.78 is 32.6. The number of hydrogen-bond donors (Lipinski definition) is 1. The Labute approximate surface area is 151 Å². The molecule has 8 heteroatoms. The lowest BCUT2D eigenvalue weighted by Crippen LogP contribution is -2.32. The second kappa shape index (κ2) is 8.22. The average Bonchev–Trinajstić information content (AvgIpc) is 2.58. The van der Waals surface area contributed by atoms with Gasteiger partial charge in [0.1, 0.15) is 5.75 Å². The lowest BCUT2D eigenvalue weighted by Gasteiger charge is -2.26. The molecule has 0 aliphatic heterocycles. The summed E-state index contributed by atoms with van der Waals surface area (Å²) in [4.78, 5) is 10.9. The highest BCUT2D eigenvalue weighted by molar-refractivity contribution is 7.92. The number of para-hydroxylation sites is 2. The molecule has 0 heterocycles. The molecule has 0 aromatic heterocycles. The number of carboxylic acids is 1. The molecule has 2 aromatic rings. The van der Waals surface area contributed by atoms with Crippen molar-refractivity contribution in [1.29, 1.82) is 0 Å². The van der Waals surface area contributed by atoms with E-state index in [0.29, 0.717) is 16.5 Å². The molecule has 0 unspecified atom stereocenters. The van der Waals surface area contributed by atoms with Crippen LogP contribution in [-0.2, 0) is 14.8 Å². The maximum absolute atomic E-state index is 13.1. The molecule has 0 fully saturated rings. The number of methoxy groups -OCH3 is 1. The smallest absolute Gasteiger partial charge is 0.303 e. The van der Waals surface area contributed by atoms with Crippen molar-refractivity contribution in [2.75, 3.05) is 18.0 Å². The Kier molecular flexibility index (Phi) is 6.27. The molecule has 0 amide bonds. The fraction of sp³-hybridized carbons (Fsp3) is 0.235. The zero-order valence-corrected chi connectivity index (χ0v) is 15.1. The molecule has 0 spiro atoms. The first-order valence-electron chi connectivity index (χ1n) is 7.49. The number of benzene rings is 2. The third-order valence-electron chi connectivity index (χ3n) is 3.51. The van der Waals surface area contributed by atoms with E-state index in [2.05, 4.69) is 0 Å². The first kappa shape index (κ1) is 19.1. The predicted octanol–water partition coefficient (Wildman–Crippen LogP) is 3.41. The van der Waals surface area contributed by atoms with Gasteiger partial charge < -0.3 is 9.84 Å². The van der Waals surface area contributed by atoms with Crippen LogP contribution in [0.1, 0.15) is 12.8 Å². The van der Waals surface area contributed by atoms with Crippen LogP contribution >= 0.6 is 11.6 Å². The summed E-state index contributed by atoms with van der Waals surface area (Å²) >= 11 is 5.83. The second-order valence-electron chi connectivity index (χ2n) is 5.20. The highest BCUT2D eigenvalue weighted by Gasteiger charge is 2.27. The van der Waals surface area contributed by atoms with Crippen LogP contribution in [0.15, 0.2) is 53.4 Å². The second-order valence-corrected chi connectivity index (χ2v) is 7.50. The number of carbonyl (C=O) groups is 1. The van der Waals surface area contributed by atoms with E-state index in [1.54, 1.807) is 24.3 Å². The van der Waals surface area contributed by atoms with E-state index >= 15 is 0 Å². The van der Waals surface area contributed by atoms with Gasteiger partial charge in [-0.05, 0) is 42.8 Å². The fourth-order valence-corrected chi connectivity index (χ4v) is 3.95. The van der Waals surface area contributed by atoms with Crippen LogP contribution in [0.25, 0.3) is 0 Å². The van der Waals surface area contributed by atoms with Crippen LogP contribution in [0.3, 0.4) is 0 Å². The van der Waals surface area contributed by atoms with Gasteiger partial charge in [0.05, 0.1) is 17.7 Å². The molecule has 0 aliphatic rings. The van der Waals surface area contributed by atoms with Crippen LogP contribution in [0.4, 0.5) is 5.69 Å². The largest absolute Gasteiger partial charge is 0.495 e. The molecule has 0 radical (unpaired) electrons. The molecule has 0 saturated heterocycles. The first-order valence-corrected chi connectivity index (χ1v) is 9.31. The average molecular weight is 384 g/mol. The number of sulfonamides is 1. The lowest BCUT2D eigenvalue weighted by molar-refractivity contribution is -0.137. The maximum atomic E-state index is 13.1. The van der Waals surface area contributed by atoms with Gasteiger partial charge in [-0.2, -0.15) is 0 Å². The minimum absolute atomic E-state index is 0.0115. The summed E-state index contributed by atoms with van der Waals surface area (Å²) in [6.45, 7) is 0.0115. The van der Waals surface area contributed by atoms with E-state index < -0.39 is 16.0 Å². The van der Waals surface area contributed by atoms with E-state index in [1.807, 2.05) is 0 Å². The van der Waals surface area contributed by atoms with Crippen LogP contribution in [-0.4, -0.2) is 33.1 Å². The summed E-state index contributed by atoms with van der Waals surface area (Å²) in [6.07, 6.45) is 0.0298. The SMILES string of the molecule is COc1ccccc1N(CCCC(=O)O)S(=O)(=O)c1ccc(Cl)cc1. The lowest BCUT2D eigenvalue weighted by atomic mass is 10.2. The molecule has 2 aromatic carbocycles. The van der Waals surface area contributed by atoms with Crippen LogP contribution in [0.2, 0.25) is 5.02 Å². The quantitative estimate of drug-likeness (QED) is 0.755. The van der Waals surface area contributed by atoms with Gasteiger partial charge in [0.15, 0.2) is 0 Å². The summed E-state index contributed by atoms with van der Waals surface area (Å²) in [7, 11) is -2.45. The number of halogens is 1. The maximum Gasteiger partial charge on any atom is 0.303 e. The van der Waals surface area contributed by atoms with Gasteiger partial charge in [0.2, 0.25) is 0 Å². The van der Waals surface area contributed by atoms with Gasteiger partial charge in [0.25, 0.3) is 10.0 Å². The van der Waals surface area contributed by atoms with Crippen molar-refractivity contribution in [2.24, 2.45) is 0 Å². The summed E-state index contributed by atoms with van der Waals surface area (Å²) in [6, 6.07) is 12.5. The van der Waals surface area contributed by atoms with Crippen molar-refractivity contribution >= 4 is 33.3 Å². The number of aliphatic carboxylic acids is 1. The third-order valence-corrected chi connectivity index (χ3v) is 5.59. The summed E-state index contributed by atoms with van der Waals surface area (Å²) in [5, 5.41) is 9.27. The van der Waals surface area contributed by atoms with Crippen molar-refractivity contribution < 1.29 is 23.1 Å². The number of ether oxygens (including phenoxy) is 1. The normalized spacial score (nSPS) is 11.1. The number of nitrogens with zero attached hydrogens (tertiary/aromatic N) is 1. The number of rotatable bonds is 8. The molecule has 0 aliphatic carbocycles. The molecule has 1 N–H and O–H groups in total. The predicted molar refractivity (Wildman–Crippen MR) is 95.8 cm³/mol. The highest BCUT2D eigenvalue weighted by Crippen LogP contribution is 2.32. The molecular formula is C17H18ClNO5S. The highest BCUT2D eigenvalue weighted by atomic mass is 35.5. The Bertz CT molecular complexity index is 836. The molecule has 134 valence electrons. The van der Waals surface area contributed by atoms with Crippen LogP contribution in [0, 0.1) is 0 Å². The van der Waals surface area contributed by atoms with E-state index in [1.165, 1.54) is 31.4 Å². The Balaban J connectivity index is 2.46. The van der Waals surface area contributed by atoms with Crippen molar-refractivity contribution in [1.82, 2.24) is 0 Å². The zero-order chi connectivity index (χ0) is 18.4. The molecule has 0 atom stereocenters. The number of hydrogen-bond acceptors (Lipinski definition) is 4. The van der Waals surface area contributed by atoms with Gasteiger partial charge >= 0.3 is 5.97 Å². The van der Waals surface area contributed by atoms with Crippen LogP contribution < -0.4 is 9.04 Å². The van der Waals surface area contributed by atoms with Gasteiger partial charge in [-0.25, -0.2) is 8.42 Å². The Morgan fingerprint density at radius 2 is 1.80 bits per heavy atom. The van der Waals surface area contributed by atoms with E-state index in [0.717, 1.165) is 4.31 Å². The summed E-state index contributed by atoms with van der Waals surface area (Å²) in [5.41, 5.74) is 0.352. The monoisotopic (exact) mass is 383 g/mol. The molecule has 6 nitrogen and oxygen atoms in total. The topological polar surface area (TPSA) is 83.9 Å².